The first kappa shape index (κ1) is 12.1. The van der Waals surface area contributed by atoms with E-state index in [-0.39, 0.29) is 11.2 Å². The first-order chi connectivity index (χ1) is 7.13. The average Bonchev–Trinajstić information content (AvgIpc) is 2.52. The predicted octanol–water partition coefficient (Wildman–Crippen LogP) is 1.85. The number of imidazole rings is 1. The fourth-order valence-electron chi connectivity index (χ4n) is 1.14. The van der Waals surface area contributed by atoms with Crippen LogP contribution in [0.4, 0.5) is 0 Å². The van der Waals surface area contributed by atoms with Gasteiger partial charge in [0, 0.05) is 24.7 Å². The van der Waals surface area contributed by atoms with Crippen LogP contribution in [0, 0.1) is 0 Å². The van der Waals surface area contributed by atoms with E-state index in [9.17, 15) is 4.79 Å². The number of rotatable bonds is 5. The maximum atomic E-state index is 11.2. The molecule has 0 aromatic carbocycles. The highest BCUT2D eigenvalue weighted by atomic mass is 32.2. The monoisotopic (exact) mass is 228 g/mol. The van der Waals surface area contributed by atoms with Crippen molar-refractivity contribution in [2.45, 2.75) is 30.7 Å². The number of esters is 1. The van der Waals surface area contributed by atoms with Gasteiger partial charge in [-0.3, -0.25) is 4.79 Å². The van der Waals surface area contributed by atoms with Crippen molar-refractivity contribution in [1.29, 1.82) is 0 Å². The number of carbonyl (C=O) groups excluding carboxylic acids is 1. The molecule has 0 bridgehead atoms. The summed E-state index contributed by atoms with van der Waals surface area (Å²) in [5, 5.41) is 1.11. The van der Waals surface area contributed by atoms with Gasteiger partial charge < -0.3 is 9.30 Å². The minimum Gasteiger partial charge on any atom is -0.466 e. The minimum absolute atomic E-state index is 0.147. The van der Waals surface area contributed by atoms with Crippen molar-refractivity contribution >= 4 is 17.7 Å². The van der Waals surface area contributed by atoms with Crippen molar-refractivity contribution in [2.24, 2.45) is 7.05 Å². The van der Waals surface area contributed by atoms with E-state index in [0.717, 1.165) is 5.16 Å². The van der Waals surface area contributed by atoms with Crippen molar-refractivity contribution in [1.82, 2.24) is 9.55 Å². The number of hydrogen-bond donors (Lipinski definition) is 0. The van der Waals surface area contributed by atoms with Crippen LogP contribution in [0.2, 0.25) is 0 Å². The first-order valence-electron chi connectivity index (χ1n) is 4.93. The van der Waals surface area contributed by atoms with Gasteiger partial charge in [0.1, 0.15) is 0 Å². The van der Waals surface area contributed by atoms with Gasteiger partial charge in [0.05, 0.1) is 13.0 Å². The van der Waals surface area contributed by atoms with Crippen LogP contribution in [0.3, 0.4) is 0 Å². The normalized spacial score (nSPS) is 12.5. The molecule has 0 spiro atoms. The fourth-order valence-corrected chi connectivity index (χ4v) is 2.07. The maximum Gasteiger partial charge on any atom is 0.306 e. The van der Waals surface area contributed by atoms with Crippen molar-refractivity contribution in [2.75, 3.05) is 6.61 Å². The van der Waals surface area contributed by atoms with Gasteiger partial charge in [-0.2, -0.15) is 0 Å². The molecule has 15 heavy (non-hydrogen) atoms. The van der Waals surface area contributed by atoms with Crippen LogP contribution in [-0.2, 0) is 16.6 Å². The zero-order chi connectivity index (χ0) is 11.3. The molecule has 0 aliphatic heterocycles. The molecule has 4 nitrogen and oxygen atoms in total. The van der Waals surface area contributed by atoms with Gasteiger partial charge >= 0.3 is 5.97 Å². The third-order valence-electron chi connectivity index (χ3n) is 1.84. The molecule has 0 aliphatic rings. The molecule has 1 aromatic rings. The summed E-state index contributed by atoms with van der Waals surface area (Å²) in [4.78, 5) is 15.4. The van der Waals surface area contributed by atoms with Crippen molar-refractivity contribution in [3.8, 4) is 0 Å². The summed E-state index contributed by atoms with van der Waals surface area (Å²) in [5.41, 5.74) is 0. The van der Waals surface area contributed by atoms with Crippen molar-refractivity contribution in [3.63, 3.8) is 0 Å². The second-order valence-corrected chi connectivity index (χ2v) is 4.66. The standard InChI is InChI=1S/C10H16N2O2S/c1-4-14-9(13)7-8(2)15-10-11-5-6-12(10)3/h5-6,8H,4,7H2,1-3H3. The molecule has 1 aromatic heterocycles. The molecule has 0 N–H and O–H groups in total. The summed E-state index contributed by atoms with van der Waals surface area (Å²) in [5.74, 6) is -0.147. The van der Waals surface area contributed by atoms with Gasteiger partial charge in [-0.1, -0.05) is 18.7 Å². The second-order valence-electron chi connectivity index (χ2n) is 3.26. The molecule has 1 atom stereocenters. The Morgan fingerprint density at radius 1 is 1.73 bits per heavy atom. The molecule has 0 aliphatic carbocycles. The van der Waals surface area contributed by atoms with E-state index in [4.69, 9.17) is 4.74 Å². The molecule has 5 heteroatoms. The Hall–Kier alpha value is -0.970. The summed E-state index contributed by atoms with van der Waals surface area (Å²) in [6, 6.07) is 0. The van der Waals surface area contributed by atoms with Crippen LogP contribution < -0.4 is 0 Å². The molecular formula is C10H16N2O2S. The van der Waals surface area contributed by atoms with Crippen LogP contribution in [0.5, 0.6) is 0 Å². The SMILES string of the molecule is CCOC(=O)CC(C)Sc1nccn1C. The highest BCUT2D eigenvalue weighted by Crippen LogP contribution is 2.22. The van der Waals surface area contributed by atoms with Crippen molar-refractivity contribution < 1.29 is 9.53 Å². The van der Waals surface area contributed by atoms with Crippen LogP contribution >= 0.6 is 11.8 Å². The van der Waals surface area contributed by atoms with Gasteiger partial charge in [-0.05, 0) is 6.92 Å². The smallest absolute Gasteiger partial charge is 0.306 e. The number of aromatic nitrogens is 2. The largest absolute Gasteiger partial charge is 0.466 e. The third kappa shape index (κ3) is 3.95. The van der Waals surface area contributed by atoms with Crippen molar-refractivity contribution in [3.05, 3.63) is 12.4 Å². The van der Waals surface area contributed by atoms with Gasteiger partial charge in [0.25, 0.3) is 0 Å². The number of carbonyl (C=O) groups is 1. The fraction of sp³-hybridized carbons (Fsp3) is 0.600. The van der Waals surface area contributed by atoms with Crippen LogP contribution in [0.25, 0.3) is 0 Å². The van der Waals surface area contributed by atoms with E-state index in [0.29, 0.717) is 13.0 Å². The second kappa shape index (κ2) is 5.80. The highest BCUT2D eigenvalue weighted by Gasteiger charge is 2.13. The molecule has 0 fully saturated rings. The average molecular weight is 228 g/mol. The van der Waals surface area contributed by atoms with Gasteiger partial charge in [-0.25, -0.2) is 4.98 Å². The van der Waals surface area contributed by atoms with Crippen LogP contribution in [-0.4, -0.2) is 27.4 Å². The van der Waals surface area contributed by atoms with Crippen LogP contribution in [0.1, 0.15) is 20.3 Å². The Kier molecular flexibility index (Phi) is 4.68. The Bertz CT molecular complexity index is 325. The van der Waals surface area contributed by atoms with Gasteiger partial charge in [0.15, 0.2) is 5.16 Å². The molecular weight excluding hydrogens is 212 g/mol. The summed E-state index contributed by atoms with van der Waals surface area (Å²) in [6.07, 6.45) is 4.06. The van der Waals surface area contributed by atoms with Crippen LogP contribution in [0.15, 0.2) is 17.6 Å². The lowest BCUT2D eigenvalue weighted by Gasteiger charge is -2.09. The lowest BCUT2D eigenvalue weighted by atomic mass is 10.3. The molecule has 0 saturated carbocycles. The summed E-state index contributed by atoms with van der Waals surface area (Å²) in [7, 11) is 1.94. The number of thioether (sulfide) groups is 1. The first-order valence-corrected chi connectivity index (χ1v) is 5.81. The maximum absolute atomic E-state index is 11.2. The third-order valence-corrected chi connectivity index (χ3v) is 3.02. The van der Waals surface area contributed by atoms with E-state index in [2.05, 4.69) is 4.98 Å². The van der Waals surface area contributed by atoms with Gasteiger partial charge in [0.2, 0.25) is 0 Å². The Labute approximate surface area is 94.0 Å². The van der Waals surface area contributed by atoms with E-state index in [1.165, 1.54) is 0 Å². The van der Waals surface area contributed by atoms with E-state index >= 15 is 0 Å². The molecule has 0 radical (unpaired) electrons. The highest BCUT2D eigenvalue weighted by molar-refractivity contribution is 7.99. The Balaban J connectivity index is 2.39. The quantitative estimate of drug-likeness (QED) is 0.570. The van der Waals surface area contributed by atoms with E-state index in [1.807, 2.05) is 31.7 Å². The zero-order valence-electron chi connectivity index (χ0n) is 9.27. The lowest BCUT2D eigenvalue weighted by Crippen LogP contribution is -2.11. The summed E-state index contributed by atoms with van der Waals surface area (Å²) < 4.78 is 6.82. The molecule has 0 saturated heterocycles. The van der Waals surface area contributed by atoms with E-state index < -0.39 is 0 Å². The molecule has 0 amide bonds. The molecule has 1 unspecified atom stereocenters. The summed E-state index contributed by atoms with van der Waals surface area (Å²) in [6.45, 7) is 4.25. The predicted molar refractivity (Wildman–Crippen MR) is 59.8 cm³/mol. The lowest BCUT2D eigenvalue weighted by molar-refractivity contribution is -0.142. The minimum atomic E-state index is -0.147. The molecule has 1 rings (SSSR count). The number of nitrogens with zero attached hydrogens (tertiary/aromatic N) is 2. The number of aryl methyl sites for hydroxylation is 1. The topological polar surface area (TPSA) is 44.1 Å². The Morgan fingerprint density at radius 2 is 2.47 bits per heavy atom. The number of hydrogen-bond acceptors (Lipinski definition) is 4. The molecule has 84 valence electrons. The zero-order valence-corrected chi connectivity index (χ0v) is 10.1. The van der Waals surface area contributed by atoms with Gasteiger partial charge in [-0.15, -0.1) is 0 Å². The summed E-state index contributed by atoms with van der Waals surface area (Å²) >= 11 is 1.58. The number of ether oxygens (including phenoxy) is 1. The Morgan fingerprint density at radius 3 is 3.00 bits per heavy atom. The van der Waals surface area contributed by atoms with E-state index in [1.54, 1.807) is 18.0 Å². The molecule has 1 heterocycles.